The molecule has 0 bridgehead atoms. The summed E-state index contributed by atoms with van der Waals surface area (Å²) in [6.45, 7) is -0.0695. The summed E-state index contributed by atoms with van der Waals surface area (Å²) in [5.41, 5.74) is 3.56. The van der Waals surface area contributed by atoms with Crippen LogP contribution in [0.4, 0.5) is 5.69 Å². The predicted molar refractivity (Wildman–Crippen MR) is 88.7 cm³/mol. The van der Waals surface area contributed by atoms with Gasteiger partial charge in [-0.1, -0.05) is 30.3 Å². The number of carbonyl (C=O) groups excluding carboxylic acids is 2. The maximum absolute atomic E-state index is 12.5. The molecule has 4 rings (SSSR count). The Morgan fingerprint density at radius 3 is 2.64 bits per heavy atom. The number of nitrogens with zero attached hydrogens (tertiary/aromatic N) is 4. The van der Waals surface area contributed by atoms with Gasteiger partial charge in [-0.2, -0.15) is 5.26 Å². The smallest absolute Gasteiger partial charge is 0.252 e. The van der Waals surface area contributed by atoms with Crippen molar-refractivity contribution in [1.82, 2.24) is 14.8 Å². The first kappa shape index (κ1) is 14.8. The van der Waals surface area contributed by atoms with Crippen LogP contribution in [0.15, 0.2) is 48.8 Å². The first-order valence-electron chi connectivity index (χ1n) is 7.53. The topological polar surface area (TPSA) is 101 Å². The zero-order valence-corrected chi connectivity index (χ0v) is 12.9. The summed E-state index contributed by atoms with van der Waals surface area (Å²) < 4.78 is 1.28. The van der Waals surface area contributed by atoms with Gasteiger partial charge in [0.2, 0.25) is 5.91 Å². The molecule has 1 aliphatic rings. The zero-order chi connectivity index (χ0) is 17.4. The van der Waals surface area contributed by atoms with Gasteiger partial charge < -0.3 is 5.32 Å². The van der Waals surface area contributed by atoms with E-state index in [9.17, 15) is 9.59 Å². The van der Waals surface area contributed by atoms with Crippen molar-refractivity contribution in [3.05, 3.63) is 65.7 Å². The number of amides is 1. The summed E-state index contributed by atoms with van der Waals surface area (Å²) in [6, 6.07) is 14.5. The van der Waals surface area contributed by atoms with Crippen molar-refractivity contribution in [2.75, 3.05) is 5.32 Å². The highest BCUT2D eigenvalue weighted by Gasteiger charge is 2.26. The Balaban J connectivity index is 1.54. The van der Waals surface area contributed by atoms with Crippen LogP contribution in [0.3, 0.4) is 0 Å². The van der Waals surface area contributed by atoms with Crippen LogP contribution in [0.25, 0.3) is 11.1 Å². The lowest BCUT2D eigenvalue weighted by Crippen LogP contribution is -2.19. The van der Waals surface area contributed by atoms with Gasteiger partial charge in [-0.3, -0.25) is 9.59 Å². The Bertz CT molecular complexity index is 1060. The molecule has 2 aromatic carbocycles. The summed E-state index contributed by atoms with van der Waals surface area (Å²) in [4.78, 5) is 28.3. The second-order valence-electron chi connectivity index (χ2n) is 5.56. The fraction of sp³-hybridized carbons (Fsp3) is 0.0556. The van der Waals surface area contributed by atoms with Gasteiger partial charge >= 0.3 is 0 Å². The van der Waals surface area contributed by atoms with Gasteiger partial charge in [0.05, 0.1) is 0 Å². The second-order valence-corrected chi connectivity index (χ2v) is 5.56. The Morgan fingerprint density at radius 1 is 1.12 bits per heavy atom. The van der Waals surface area contributed by atoms with E-state index in [1.807, 2.05) is 24.3 Å². The van der Waals surface area contributed by atoms with E-state index >= 15 is 0 Å². The second kappa shape index (κ2) is 5.69. The molecule has 0 saturated heterocycles. The van der Waals surface area contributed by atoms with Crippen LogP contribution in [0.5, 0.6) is 0 Å². The van der Waals surface area contributed by atoms with Crippen LogP contribution in [-0.4, -0.2) is 26.5 Å². The number of hydrogen-bond donors (Lipinski definition) is 1. The van der Waals surface area contributed by atoms with Crippen LogP contribution < -0.4 is 5.32 Å². The highest BCUT2D eigenvalue weighted by molar-refractivity contribution is 6.22. The molecule has 0 aliphatic heterocycles. The lowest BCUT2D eigenvalue weighted by molar-refractivity contribution is -0.116. The van der Waals surface area contributed by atoms with Crippen molar-refractivity contribution in [2.45, 2.75) is 6.54 Å². The van der Waals surface area contributed by atoms with E-state index < -0.39 is 0 Å². The largest absolute Gasteiger partial charge is 0.324 e. The third-order valence-electron chi connectivity index (χ3n) is 3.95. The average molecular weight is 329 g/mol. The van der Waals surface area contributed by atoms with E-state index in [-0.39, 0.29) is 24.1 Å². The molecule has 1 N–H and O–H groups in total. The Morgan fingerprint density at radius 2 is 1.88 bits per heavy atom. The molecule has 1 aliphatic carbocycles. The lowest BCUT2D eigenvalue weighted by Gasteiger charge is -2.07. The first-order valence-corrected chi connectivity index (χ1v) is 7.53. The molecule has 1 amide bonds. The molecule has 120 valence electrons. The van der Waals surface area contributed by atoms with Crippen molar-refractivity contribution >= 4 is 17.4 Å². The number of hydrogen-bond acceptors (Lipinski definition) is 5. The van der Waals surface area contributed by atoms with Gasteiger partial charge in [-0.25, -0.2) is 9.67 Å². The van der Waals surface area contributed by atoms with E-state index in [4.69, 9.17) is 5.26 Å². The maximum atomic E-state index is 12.5. The Labute approximate surface area is 142 Å². The summed E-state index contributed by atoms with van der Waals surface area (Å²) >= 11 is 0. The van der Waals surface area contributed by atoms with Gasteiger partial charge in [0.1, 0.15) is 18.9 Å². The van der Waals surface area contributed by atoms with E-state index in [1.54, 1.807) is 24.3 Å². The molecule has 0 saturated carbocycles. The number of nitrogens with one attached hydrogen (secondary N) is 1. The van der Waals surface area contributed by atoms with Gasteiger partial charge in [0.25, 0.3) is 5.82 Å². The fourth-order valence-electron chi connectivity index (χ4n) is 2.88. The minimum atomic E-state index is -0.322. The first-order chi connectivity index (χ1) is 12.2. The fourth-order valence-corrected chi connectivity index (χ4v) is 2.88. The summed E-state index contributed by atoms with van der Waals surface area (Å²) in [5, 5.41) is 15.3. The normalized spacial score (nSPS) is 11.6. The molecule has 25 heavy (non-hydrogen) atoms. The molecule has 7 heteroatoms. The molecule has 0 spiro atoms. The molecule has 0 radical (unpaired) electrons. The van der Waals surface area contributed by atoms with Crippen LogP contribution in [0.1, 0.15) is 21.7 Å². The molecule has 0 fully saturated rings. The molecule has 0 atom stereocenters. The van der Waals surface area contributed by atoms with E-state index in [2.05, 4.69) is 15.4 Å². The van der Waals surface area contributed by atoms with Crippen LogP contribution >= 0.6 is 0 Å². The van der Waals surface area contributed by atoms with Crippen LogP contribution in [0.2, 0.25) is 0 Å². The zero-order valence-electron chi connectivity index (χ0n) is 12.9. The van der Waals surface area contributed by atoms with Crippen molar-refractivity contribution in [1.29, 1.82) is 5.26 Å². The van der Waals surface area contributed by atoms with E-state index in [0.717, 1.165) is 11.1 Å². The van der Waals surface area contributed by atoms with E-state index in [0.29, 0.717) is 16.8 Å². The van der Waals surface area contributed by atoms with Crippen molar-refractivity contribution in [3.63, 3.8) is 0 Å². The van der Waals surface area contributed by atoms with Gasteiger partial charge in [0, 0.05) is 16.8 Å². The molecule has 7 nitrogen and oxygen atoms in total. The molecule has 1 heterocycles. The molecule has 3 aromatic rings. The van der Waals surface area contributed by atoms with Gasteiger partial charge in [0.15, 0.2) is 5.78 Å². The summed E-state index contributed by atoms with van der Waals surface area (Å²) in [7, 11) is 0. The number of ketones is 1. The SMILES string of the molecule is N#Cc1ncn(CC(=O)Nc2ccc3c(c2)C(=O)c2ccccc2-3)n1. The number of anilines is 1. The van der Waals surface area contributed by atoms with Crippen molar-refractivity contribution < 1.29 is 9.59 Å². The average Bonchev–Trinajstić information content (AvgIpc) is 3.18. The third kappa shape index (κ3) is 2.56. The monoisotopic (exact) mass is 329 g/mol. The van der Waals surface area contributed by atoms with Crippen molar-refractivity contribution in [3.8, 4) is 17.2 Å². The highest BCUT2D eigenvalue weighted by atomic mass is 16.2. The van der Waals surface area contributed by atoms with Crippen molar-refractivity contribution in [2.24, 2.45) is 0 Å². The molecule has 0 unspecified atom stereocenters. The number of carbonyl (C=O) groups is 2. The summed E-state index contributed by atoms with van der Waals surface area (Å²) in [6.07, 6.45) is 1.32. The number of nitriles is 1. The Hall–Kier alpha value is -3.79. The van der Waals surface area contributed by atoms with Gasteiger partial charge in [-0.05, 0) is 23.3 Å². The van der Waals surface area contributed by atoms with Crippen LogP contribution in [0, 0.1) is 11.3 Å². The standard InChI is InChI=1S/C18H11N5O2/c19-8-16-20-10-23(22-16)9-17(24)21-11-5-6-13-12-3-1-2-4-14(12)18(25)15(13)7-11/h1-7,10H,9H2,(H,21,24). The number of rotatable bonds is 3. The third-order valence-corrected chi connectivity index (χ3v) is 3.95. The number of fused-ring (bicyclic) bond motifs is 3. The number of benzene rings is 2. The quantitative estimate of drug-likeness (QED) is 0.619. The Kier molecular flexibility index (Phi) is 3.36. The van der Waals surface area contributed by atoms with Gasteiger partial charge in [-0.15, -0.1) is 5.10 Å². The van der Waals surface area contributed by atoms with E-state index in [1.165, 1.54) is 11.0 Å². The maximum Gasteiger partial charge on any atom is 0.252 e. The summed E-state index contributed by atoms with van der Waals surface area (Å²) in [5.74, 6) is -0.359. The van der Waals surface area contributed by atoms with Crippen LogP contribution in [-0.2, 0) is 11.3 Å². The minimum Gasteiger partial charge on any atom is -0.324 e. The molecule has 1 aromatic heterocycles. The minimum absolute atomic E-state index is 0.00805. The molecular formula is C18H11N5O2. The predicted octanol–water partition coefficient (Wildman–Crippen LogP) is 2.00. The number of aromatic nitrogens is 3. The molecular weight excluding hydrogens is 318 g/mol. The lowest BCUT2D eigenvalue weighted by atomic mass is 10.1. The highest BCUT2D eigenvalue weighted by Crippen LogP contribution is 2.37.